The molecule has 2 aromatic heterocycles. The molecule has 0 spiro atoms. The van der Waals surface area contributed by atoms with Gasteiger partial charge in [0.2, 0.25) is 5.89 Å². The molecule has 0 bridgehead atoms. The Bertz CT molecular complexity index is 995. The third-order valence-corrected chi connectivity index (χ3v) is 5.41. The van der Waals surface area contributed by atoms with Crippen LogP contribution in [-0.2, 0) is 6.42 Å². The van der Waals surface area contributed by atoms with Crippen LogP contribution in [0.2, 0.25) is 0 Å². The standard InChI is InChI=1S/C19H18BrN5O2S/c1-12-23-17(24-27-12)8-7-14-11-28-19(21)25(14)18-16(9-13(20)10-22-18)26-15-5-3-2-4-6-15/h2-6,9-11,19H,7-8,21H2,1H3. The van der Waals surface area contributed by atoms with Crippen molar-refractivity contribution in [2.45, 2.75) is 25.3 Å². The van der Waals surface area contributed by atoms with E-state index in [2.05, 4.69) is 31.1 Å². The molecule has 1 unspecified atom stereocenters. The van der Waals surface area contributed by atoms with E-state index in [-0.39, 0.29) is 5.50 Å². The van der Waals surface area contributed by atoms with Gasteiger partial charge in [-0.3, -0.25) is 0 Å². The van der Waals surface area contributed by atoms with Gasteiger partial charge in [-0.25, -0.2) is 4.98 Å². The topological polar surface area (TPSA) is 90.3 Å². The number of aryl methyl sites for hydroxylation is 2. The minimum Gasteiger partial charge on any atom is -0.453 e. The number of rotatable bonds is 6. The first-order valence-electron chi connectivity index (χ1n) is 8.67. The second-order valence-corrected chi connectivity index (χ2v) is 8.03. The summed E-state index contributed by atoms with van der Waals surface area (Å²) in [6, 6.07) is 11.5. The number of allylic oxidation sites excluding steroid dienone is 1. The molecule has 4 rings (SSSR count). The van der Waals surface area contributed by atoms with Crippen LogP contribution in [0.15, 0.2) is 62.7 Å². The Morgan fingerprint density at radius 3 is 2.86 bits per heavy atom. The zero-order valence-electron chi connectivity index (χ0n) is 15.1. The molecule has 0 fully saturated rings. The Labute approximate surface area is 175 Å². The molecule has 0 saturated heterocycles. The molecule has 2 N–H and O–H groups in total. The number of aromatic nitrogens is 3. The molecule has 1 atom stereocenters. The molecule has 28 heavy (non-hydrogen) atoms. The lowest BCUT2D eigenvalue weighted by molar-refractivity contribution is 0.387. The van der Waals surface area contributed by atoms with Crippen molar-refractivity contribution in [3.8, 4) is 11.5 Å². The maximum atomic E-state index is 6.35. The fourth-order valence-electron chi connectivity index (χ4n) is 2.83. The second kappa shape index (κ2) is 8.34. The molecule has 1 aliphatic rings. The van der Waals surface area contributed by atoms with Gasteiger partial charge in [-0.1, -0.05) is 35.1 Å². The van der Waals surface area contributed by atoms with Crippen LogP contribution >= 0.6 is 27.7 Å². The van der Waals surface area contributed by atoms with Gasteiger partial charge in [0.1, 0.15) is 11.2 Å². The van der Waals surface area contributed by atoms with Gasteiger partial charge in [-0.05, 0) is 39.9 Å². The SMILES string of the molecule is Cc1nc(CCC2=CSC(N)N2c2ncc(Br)cc2Oc2ccccc2)no1. The summed E-state index contributed by atoms with van der Waals surface area (Å²) >= 11 is 5.01. The molecule has 0 radical (unpaired) electrons. The lowest BCUT2D eigenvalue weighted by atomic mass is 10.2. The highest BCUT2D eigenvalue weighted by molar-refractivity contribution is 9.10. The molecule has 1 aliphatic heterocycles. The molecule has 0 amide bonds. The quantitative estimate of drug-likeness (QED) is 0.571. The maximum Gasteiger partial charge on any atom is 0.223 e. The van der Waals surface area contributed by atoms with Crippen LogP contribution in [0.1, 0.15) is 18.1 Å². The first-order valence-corrected chi connectivity index (χ1v) is 10.4. The first-order chi connectivity index (χ1) is 13.6. The van der Waals surface area contributed by atoms with E-state index in [9.17, 15) is 0 Å². The Kier molecular flexibility index (Phi) is 5.65. The number of nitrogens with zero attached hydrogens (tertiary/aromatic N) is 4. The zero-order valence-corrected chi connectivity index (χ0v) is 17.5. The lowest BCUT2D eigenvalue weighted by Gasteiger charge is -2.27. The summed E-state index contributed by atoms with van der Waals surface area (Å²) in [5.74, 6) is 3.26. The molecule has 1 aromatic carbocycles. The van der Waals surface area contributed by atoms with Crippen LogP contribution in [0, 0.1) is 6.92 Å². The van der Waals surface area contributed by atoms with Crippen molar-refractivity contribution in [3.63, 3.8) is 0 Å². The van der Waals surface area contributed by atoms with E-state index >= 15 is 0 Å². The van der Waals surface area contributed by atoms with Crippen LogP contribution in [0.3, 0.4) is 0 Å². The highest BCUT2D eigenvalue weighted by Gasteiger charge is 2.29. The molecule has 9 heteroatoms. The van der Waals surface area contributed by atoms with E-state index in [1.165, 1.54) is 11.8 Å². The van der Waals surface area contributed by atoms with E-state index in [4.69, 9.17) is 15.0 Å². The average molecular weight is 460 g/mol. The van der Waals surface area contributed by atoms with Crippen LogP contribution in [0.5, 0.6) is 11.5 Å². The van der Waals surface area contributed by atoms with E-state index in [1.807, 2.05) is 46.7 Å². The van der Waals surface area contributed by atoms with Gasteiger partial charge < -0.3 is 19.9 Å². The fraction of sp³-hybridized carbons (Fsp3) is 0.211. The number of benzene rings is 1. The highest BCUT2D eigenvalue weighted by atomic mass is 79.9. The van der Waals surface area contributed by atoms with Gasteiger partial charge >= 0.3 is 0 Å². The van der Waals surface area contributed by atoms with E-state index < -0.39 is 0 Å². The van der Waals surface area contributed by atoms with Gasteiger partial charge in [0.05, 0.1) is 0 Å². The second-order valence-electron chi connectivity index (χ2n) is 6.13. The third-order valence-electron chi connectivity index (χ3n) is 4.08. The molecular formula is C19H18BrN5O2S. The van der Waals surface area contributed by atoms with Crippen LogP contribution in [0.4, 0.5) is 5.82 Å². The van der Waals surface area contributed by atoms with Crippen molar-refractivity contribution < 1.29 is 9.26 Å². The largest absolute Gasteiger partial charge is 0.453 e. The van der Waals surface area contributed by atoms with Gasteiger partial charge in [-0.15, -0.1) is 0 Å². The zero-order chi connectivity index (χ0) is 19.5. The lowest BCUT2D eigenvalue weighted by Crippen LogP contribution is -2.36. The summed E-state index contributed by atoms with van der Waals surface area (Å²) in [5.41, 5.74) is 7.11. The third kappa shape index (κ3) is 4.21. The van der Waals surface area contributed by atoms with Gasteiger partial charge in [-0.2, -0.15) is 4.98 Å². The van der Waals surface area contributed by atoms with Crippen LogP contribution in [0.25, 0.3) is 0 Å². The van der Waals surface area contributed by atoms with Crippen molar-refractivity contribution in [1.82, 2.24) is 15.1 Å². The van der Waals surface area contributed by atoms with Gasteiger partial charge in [0, 0.05) is 35.8 Å². The fourth-order valence-corrected chi connectivity index (χ4v) is 4.03. The van der Waals surface area contributed by atoms with E-state index in [1.54, 1.807) is 13.1 Å². The Hall–Kier alpha value is -2.36. The molecule has 7 nitrogen and oxygen atoms in total. The number of halogens is 1. The maximum absolute atomic E-state index is 6.35. The predicted molar refractivity (Wildman–Crippen MR) is 112 cm³/mol. The predicted octanol–water partition coefficient (Wildman–Crippen LogP) is 4.60. The monoisotopic (exact) mass is 459 g/mol. The average Bonchev–Trinajstić information content (AvgIpc) is 3.27. The van der Waals surface area contributed by atoms with Crippen molar-refractivity contribution in [1.29, 1.82) is 0 Å². The van der Waals surface area contributed by atoms with Crippen molar-refractivity contribution in [2.24, 2.45) is 5.73 Å². The summed E-state index contributed by atoms with van der Waals surface area (Å²) in [4.78, 5) is 10.8. The van der Waals surface area contributed by atoms with Crippen LogP contribution in [-0.4, -0.2) is 20.6 Å². The molecule has 3 heterocycles. The Balaban J connectivity index is 1.59. The normalized spacial score (nSPS) is 16.3. The van der Waals surface area contributed by atoms with Crippen LogP contribution < -0.4 is 15.4 Å². The molecule has 0 aliphatic carbocycles. The number of hydrogen-bond acceptors (Lipinski definition) is 8. The van der Waals surface area contributed by atoms with Gasteiger partial charge in [0.15, 0.2) is 17.4 Å². The number of thioether (sulfide) groups is 1. The van der Waals surface area contributed by atoms with E-state index in [0.717, 1.165) is 15.9 Å². The van der Waals surface area contributed by atoms with Crippen molar-refractivity contribution in [3.05, 3.63) is 69.9 Å². The number of ether oxygens (including phenoxy) is 1. The number of pyridine rings is 1. The number of hydrogen-bond donors (Lipinski definition) is 1. The Morgan fingerprint density at radius 2 is 2.11 bits per heavy atom. The van der Waals surface area contributed by atoms with E-state index in [0.29, 0.717) is 36.1 Å². The number of anilines is 1. The molecule has 3 aromatic rings. The summed E-state index contributed by atoms with van der Waals surface area (Å²) in [6.45, 7) is 1.78. The molecule has 144 valence electrons. The highest BCUT2D eigenvalue weighted by Crippen LogP contribution is 2.41. The summed E-state index contributed by atoms with van der Waals surface area (Å²) in [7, 11) is 0. The minimum atomic E-state index is -0.284. The smallest absolute Gasteiger partial charge is 0.223 e. The summed E-state index contributed by atoms with van der Waals surface area (Å²) in [6.07, 6.45) is 3.10. The minimum absolute atomic E-state index is 0.284. The first kappa shape index (κ1) is 19.0. The molecule has 0 saturated carbocycles. The molecular weight excluding hydrogens is 442 g/mol. The van der Waals surface area contributed by atoms with Crippen molar-refractivity contribution >= 4 is 33.5 Å². The van der Waals surface area contributed by atoms with Gasteiger partial charge in [0.25, 0.3) is 0 Å². The Morgan fingerprint density at radius 1 is 1.29 bits per heavy atom. The number of para-hydroxylation sites is 1. The summed E-state index contributed by atoms with van der Waals surface area (Å²) in [5, 5.41) is 6.01. The summed E-state index contributed by atoms with van der Waals surface area (Å²) < 4.78 is 12.0. The number of nitrogens with two attached hydrogens (primary N) is 1. The van der Waals surface area contributed by atoms with Crippen molar-refractivity contribution in [2.75, 3.05) is 4.90 Å².